The molecular weight excluding hydrogens is 217 g/mol. The first kappa shape index (κ1) is 10.6. The molecule has 0 aromatic heterocycles. The molecule has 0 heterocycles. The predicted octanol–water partition coefficient (Wildman–Crippen LogP) is 2.69. The lowest BCUT2D eigenvalue weighted by Gasteiger charge is -2.08. The van der Waals surface area contributed by atoms with Crippen LogP contribution in [0.4, 0.5) is 4.39 Å². The first-order valence-corrected chi connectivity index (χ1v) is 4.41. The topological polar surface area (TPSA) is 32.7 Å². The molecule has 1 aromatic rings. The molecule has 72 valence electrons. The molecule has 0 atom stereocenters. The smallest absolute Gasteiger partial charge is 0.136 e. The summed E-state index contributed by atoms with van der Waals surface area (Å²) < 4.78 is 17.9. The maximum atomic E-state index is 12.7. The second-order valence-corrected chi connectivity index (χ2v) is 3.60. The van der Waals surface area contributed by atoms with E-state index in [-0.39, 0.29) is 0 Å². The molecule has 0 amide bonds. The molecule has 3 nitrogen and oxygen atoms in total. The summed E-state index contributed by atoms with van der Waals surface area (Å²) in [6, 6.07) is 3.93. The van der Waals surface area contributed by atoms with Gasteiger partial charge in [0.25, 0.3) is 0 Å². The first-order valence-electron chi connectivity index (χ1n) is 3.30. The Morgan fingerprint density at radius 1 is 1.62 bits per heavy atom. The average Bonchev–Trinajstić information content (AvgIpc) is 2.07. The highest BCUT2D eigenvalue weighted by Gasteiger charge is 2.07. The van der Waals surface area contributed by atoms with E-state index in [9.17, 15) is 4.39 Å². The van der Waals surface area contributed by atoms with E-state index >= 15 is 0 Å². The predicted molar refractivity (Wildman–Crippen MR) is 48.3 cm³/mol. The lowest BCUT2D eigenvalue weighted by atomic mass is 10.3. The number of nitrogens with zero attached hydrogens (tertiary/aromatic N) is 1. The zero-order valence-corrected chi connectivity index (χ0v) is 8.27. The lowest BCUT2D eigenvalue weighted by molar-refractivity contribution is 0.114. The van der Waals surface area contributed by atoms with Crippen LogP contribution in [0.15, 0.2) is 23.1 Å². The van der Waals surface area contributed by atoms with Gasteiger partial charge >= 0.3 is 0 Å². The van der Waals surface area contributed by atoms with E-state index in [1.54, 1.807) is 0 Å². The minimum atomic E-state index is -0.403. The van der Waals surface area contributed by atoms with Crippen molar-refractivity contribution in [3.63, 3.8) is 0 Å². The number of methoxy groups -OCH3 is 1. The molecule has 1 rings (SSSR count). The Bertz CT molecular complexity index is 298. The largest absolute Gasteiger partial charge is 0.495 e. The van der Waals surface area contributed by atoms with Crippen molar-refractivity contribution < 1.29 is 14.3 Å². The van der Waals surface area contributed by atoms with Gasteiger partial charge in [-0.25, -0.2) is 4.39 Å². The van der Waals surface area contributed by atoms with E-state index in [2.05, 4.69) is 0 Å². The normalized spacial score (nSPS) is 10.5. The van der Waals surface area contributed by atoms with Gasteiger partial charge in [-0.05, 0) is 16.1 Å². The van der Waals surface area contributed by atoms with Crippen LogP contribution < -0.4 is 4.74 Å². The van der Waals surface area contributed by atoms with E-state index in [1.165, 1.54) is 25.3 Å². The zero-order chi connectivity index (χ0) is 9.84. The molecule has 6 heteroatoms. The number of ether oxygens (including phenoxy) is 1. The maximum Gasteiger partial charge on any atom is 0.136 e. The van der Waals surface area contributed by atoms with Crippen molar-refractivity contribution >= 4 is 23.7 Å². The highest BCUT2D eigenvalue weighted by atomic mass is 35.5. The zero-order valence-electron chi connectivity index (χ0n) is 6.70. The number of benzene rings is 1. The standard InChI is InChI=1S/C7H7ClFNO2S/c1-12-6-4-5(9)2-3-7(6)13-10(8)11/h2-4,11H,1H3. The van der Waals surface area contributed by atoms with Gasteiger partial charge in [-0.2, -0.15) is 0 Å². The third kappa shape index (κ3) is 3.04. The van der Waals surface area contributed by atoms with E-state index in [0.29, 0.717) is 14.6 Å². The fourth-order valence-corrected chi connectivity index (χ4v) is 1.54. The number of rotatable bonds is 3. The van der Waals surface area contributed by atoms with Crippen molar-refractivity contribution in [3.05, 3.63) is 24.0 Å². The summed E-state index contributed by atoms with van der Waals surface area (Å²) >= 11 is 6.00. The second-order valence-electron chi connectivity index (χ2n) is 2.11. The van der Waals surface area contributed by atoms with Crippen molar-refractivity contribution in [2.45, 2.75) is 4.90 Å². The van der Waals surface area contributed by atoms with E-state index in [4.69, 9.17) is 21.7 Å². The van der Waals surface area contributed by atoms with Gasteiger partial charge in [0.1, 0.15) is 11.6 Å². The van der Waals surface area contributed by atoms with Crippen molar-refractivity contribution in [2.24, 2.45) is 0 Å². The van der Waals surface area contributed by atoms with Crippen LogP contribution in [-0.2, 0) is 0 Å². The van der Waals surface area contributed by atoms with Crippen LogP contribution in [0.25, 0.3) is 0 Å². The van der Waals surface area contributed by atoms with Crippen LogP contribution in [-0.4, -0.2) is 16.3 Å². The molecule has 0 radical (unpaired) electrons. The molecule has 0 saturated carbocycles. The Kier molecular flexibility index (Phi) is 3.80. The first-order chi connectivity index (χ1) is 6.13. The Balaban J connectivity index is 2.92. The van der Waals surface area contributed by atoms with E-state index < -0.39 is 5.82 Å². The average molecular weight is 224 g/mol. The maximum absolute atomic E-state index is 12.7. The Morgan fingerprint density at radius 2 is 2.31 bits per heavy atom. The molecule has 0 unspecified atom stereocenters. The van der Waals surface area contributed by atoms with Gasteiger partial charge in [0.15, 0.2) is 0 Å². The van der Waals surface area contributed by atoms with Crippen LogP contribution in [0.3, 0.4) is 0 Å². The summed E-state index contributed by atoms with van der Waals surface area (Å²) in [7, 11) is 1.41. The Morgan fingerprint density at radius 3 is 2.85 bits per heavy atom. The summed E-state index contributed by atoms with van der Waals surface area (Å²) in [5.74, 6) is -0.0787. The quantitative estimate of drug-likeness (QED) is 0.485. The third-order valence-electron chi connectivity index (χ3n) is 1.30. The Hall–Kier alpha value is -0.490. The summed E-state index contributed by atoms with van der Waals surface area (Å²) in [5.41, 5.74) is 0. The van der Waals surface area contributed by atoms with Gasteiger partial charge < -0.3 is 4.74 Å². The molecule has 0 aliphatic heterocycles. The van der Waals surface area contributed by atoms with Gasteiger partial charge in [-0.3, -0.25) is 5.21 Å². The fraction of sp³-hybridized carbons (Fsp3) is 0.143. The van der Waals surface area contributed by atoms with Crippen LogP contribution in [0, 0.1) is 5.82 Å². The van der Waals surface area contributed by atoms with Crippen molar-refractivity contribution in [3.8, 4) is 5.75 Å². The number of hydrogen-bond acceptors (Lipinski definition) is 4. The van der Waals surface area contributed by atoms with Gasteiger partial charge in [0, 0.05) is 29.8 Å². The van der Waals surface area contributed by atoms with Gasteiger partial charge in [-0.15, -0.1) is 0 Å². The van der Waals surface area contributed by atoms with Gasteiger partial charge in [0.2, 0.25) is 0 Å². The van der Waals surface area contributed by atoms with Crippen LogP contribution >= 0.6 is 23.7 Å². The molecule has 13 heavy (non-hydrogen) atoms. The van der Waals surface area contributed by atoms with Gasteiger partial charge in [0.05, 0.1) is 12.0 Å². The van der Waals surface area contributed by atoms with Crippen LogP contribution in [0.2, 0.25) is 0 Å². The van der Waals surface area contributed by atoms with E-state index in [0.717, 1.165) is 11.9 Å². The van der Waals surface area contributed by atoms with Gasteiger partial charge in [-0.1, -0.05) is 0 Å². The third-order valence-corrected chi connectivity index (χ3v) is 2.19. The second kappa shape index (κ2) is 4.66. The summed E-state index contributed by atoms with van der Waals surface area (Å²) in [6.45, 7) is 0. The van der Waals surface area contributed by atoms with E-state index in [1.807, 2.05) is 0 Å². The molecule has 0 fully saturated rings. The summed E-state index contributed by atoms with van der Waals surface area (Å²) in [4.78, 5) is 0.529. The molecule has 1 aromatic carbocycles. The Labute approximate surface area is 84.3 Å². The molecule has 0 aliphatic carbocycles. The molecule has 0 aliphatic rings. The summed E-state index contributed by atoms with van der Waals surface area (Å²) in [5, 5.41) is 8.71. The SMILES string of the molecule is COc1cc(F)ccc1SN(O)Cl. The molecule has 1 N–H and O–H groups in total. The monoisotopic (exact) mass is 223 g/mol. The van der Waals surface area contributed by atoms with Crippen LogP contribution in [0.1, 0.15) is 0 Å². The lowest BCUT2D eigenvalue weighted by Crippen LogP contribution is -1.94. The molecule has 0 bridgehead atoms. The van der Waals surface area contributed by atoms with Crippen LogP contribution in [0.5, 0.6) is 5.75 Å². The highest BCUT2D eigenvalue weighted by Crippen LogP contribution is 2.31. The molecular formula is C7H7ClFNO2S. The number of hydrogen-bond donors (Lipinski definition) is 1. The minimum Gasteiger partial charge on any atom is -0.495 e. The van der Waals surface area contributed by atoms with Crippen molar-refractivity contribution in [1.82, 2.24) is 3.99 Å². The highest BCUT2D eigenvalue weighted by molar-refractivity contribution is 7.97. The minimum absolute atomic E-state index is 0.324. The number of halogens is 2. The fourth-order valence-electron chi connectivity index (χ4n) is 0.798. The van der Waals surface area contributed by atoms with Crippen molar-refractivity contribution in [2.75, 3.05) is 7.11 Å². The van der Waals surface area contributed by atoms with Crippen molar-refractivity contribution in [1.29, 1.82) is 0 Å². The molecule has 0 saturated heterocycles. The summed E-state index contributed by atoms with van der Waals surface area (Å²) in [6.07, 6.45) is 0. The molecule has 0 spiro atoms.